The van der Waals surface area contributed by atoms with Gasteiger partial charge in [0.1, 0.15) is 0 Å². The molecule has 19 heavy (non-hydrogen) atoms. The number of hydrogen-bond acceptors (Lipinski definition) is 3. The zero-order chi connectivity index (χ0) is 13.6. The van der Waals surface area contributed by atoms with E-state index in [1.165, 1.54) is 58.3 Å². The molecule has 2 unspecified atom stereocenters. The third-order valence-electron chi connectivity index (χ3n) is 4.89. The van der Waals surface area contributed by atoms with Gasteiger partial charge in [-0.05, 0) is 57.0 Å². The Labute approximate surface area is 119 Å². The molecule has 2 aliphatic heterocycles. The molecular weight excluding hydrogens is 236 g/mol. The predicted octanol–water partition coefficient (Wildman–Crippen LogP) is 2.66. The highest BCUT2D eigenvalue weighted by Crippen LogP contribution is 2.32. The smallest absolute Gasteiger partial charge is 0.0702 e. The second kappa shape index (κ2) is 7.61. The number of piperidine rings is 2. The van der Waals surface area contributed by atoms with Gasteiger partial charge in [-0.3, -0.25) is 0 Å². The van der Waals surface area contributed by atoms with Gasteiger partial charge < -0.3 is 15.0 Å². The van der Waals surface area contributed by atoms with Crippen LogP contribution in [-0.2, 0) is 4.74 Å². The molecule has 1 N–H and O–H groups in total. The largest absolute Gasteiger partial charge is 0.377 e. The molecule has 0 spiro atoms. The lowest BCUT2D eigenvalue weighted by atomic mass is 9.77. The first-order valence-corrected chi connectivity index (χ1v) is 8.33. The van der Waals surface area contributed by atoms with E-state index in [9.17, 15) is 0 Å². The van der Waals surface area contributed by atoms with E-state index >= 15 is 0 Å². The Kier molecular flexibility index (Phi) is 6.11. The van der Waals surface area contributed by atoms with Crippen LogP contribution >= 0.6 is 0 Å². The fourth-order valence-electron chi connectivity index (χ4n) is 3.63. The maximum Gasteiger partial charge on any atom is 0.0702 e. The maximum absolute atomic E-state index is 5.96. The fraction of sp³-hybridized carbons (Fsp3) is 1.00. The van der Waals surface area contributed by atoms with Gasteiger partial charge in [0.2, 0.25) is 0 Å². The molecule has 0 aromatic carbocycles. The molecule has 0 aromatic rings. The van der Waals surface area contributed by atoms with E-state index in [1.54, 1.807) is 0 Å². The third kappa shape index (κ3) is 4.44. The minimum Gasteiger partial charge on any atom is -0.377 e. The molecule has 2 aliphatic rings. The Bertz CT molecular complexity index is 251. The van der Waals surface area contributed by atoms with Crippen molar-refractivity contribution in [3.05, 3.63) is 0 Å². The lowest BCUT2D eigenvalue weighted by Gasteiger charge is -2.43. The Balaban J connectivity index is 1.83. The maximum atomic E-state index is 5.96. The molecule has 0 amide bonds. The van der Waals surface area contributed by atoms with Gasteiger partial charge in [0.05, 0.1) is 6.10 Å². The summed E-state index contributed by atoms with van der Waals surface area (Å²) in [6.07, 6.45) is 8.23. The summed E-state index contributed by atoms with van der Waals surface area (Å²) in [6, 6.07) is 0. The Morgan fingerprint density at radius 2 is 2.21 bits per heavy atom. The minimum atomic E-state index is 0.485. The average Bonchev–Trinajstić information content (AvgIpc) is 2.46. The van der Waals surface area contributed by atoms with Crippen LogP contribution in [0.2, 0.25) is 0 Å². The summed E-state index contributed by atoms with van der Waals surface area (Å²) < 4.78 is 5.96. The van der Waals surface area contributed by atoms with E-state index in [-0.39, 0.29) is 0 Å². The van der Waals surface area contributed by atoms with E-state index in [1.807, 2.05) is 0 Å². The van der Waals surface area contributed by atoms with Gasteiger partial charge in [-0.25, -0.2) is 0 Å². The topological polar surface area (TPSA) is 24.5 Å². The lowest BCUT2D eigenvalue weighted by Crippen LogP contribution is -2.50. The van der Waals surface area contributed by atoms with E-state index in [0.29, 0.717) is 11.5 Å². The van der Waals surface area contributed by atoms with Crippen LogP contribution in [0.1, 0.15) is 52.4 Å². The Morgan fingerprint density at radius 3 is 2.89 bits per heavy atom. The van der Waals surface area contributed by atoms with Gasteiger partial charge in [0, 0.05) is 26.2 Å². The number of hydrogen-bond donors (Lipinski definition) is 1. The quantitative estimate of drug-likeness (QED) is 0.801. The normalized spacial score (nSPS) is 33.5. The molecule has 3 nitrogen and oxygen atoms in total. The van der Waals surface area contributed by atoms with E-state index in [2.05, 4.69) is 24.1 Å². The molecule has 2 heterocycles. The molecule has 0 aliphatic carbocycles. The summed E-state index contributed by atoms with van der Waals surface area (Å²) >= 11 is 0. The number of likely N-dealkylation sites (tertiary alicyclic amines) is 1. The lowest BCUT2D eigenvalue weighted by molar-refractivity contribution is -0.0152. The van der Waals surface area contributed by atoms with Crippen molar-refractivity contribution in [2.75, 3.05) is 39.3 Å². The molecule has 2 rings (SSSR count). The van der Waals surface area contributed by atoms with Crippen LogP contribution in [0.15, 0.2) is 0 Å². The van der Waals surface area contributed by atoms with Crippen LogP contribution in [0.4, 0.5) is 0 Å². The molecule has 0 saturated carbocycles. The summed E-state index contributed by atoms with van der Waals surface area (Å²) in [5.41, 5.74) is 0.519. The van der Waals surface area contributed by atoms with Crippen LogP contribution in [0.25, 0.3) is 0 Å². The number of nitrogens with zero attached hydrogens (tertiary/aromatic N) is 1. The molecule has 0 radical (unpaired) electrons. The van der Waals surface area contributed by atoms with Crippen molar-refractivity contribution in [3.8, 4) is 0 Å². The van der Waals surface area contributed by atoms with E-state index in [4.69, 9.17) is 4.74 Å². The Morgan fingerprint density at radius 1 is 1.32 bits per heavy atom. The number of nitrogens with one attached hydrogen (secondary N) is 1. The van der Waals surface area contributed by atoms with Crippen LogP contribution in [0.3, 0.4) is 0 Å². The molecule has 0 bridgehead atoms. The zero-order valence-electron chi connectivity index (χ0n) is 12.9. The van der Waals surface area contributed by atoms with Gasteiger partial charge in [0.15, 0.2) is 0 Å². The van der Waals surface area contributed by atoms with Crippen molar-refractivity contribution in [1.29, 1.82) is 0 Å². The van der Waals surface area contributed by atoms with Crippen LogP contribution < -0.4 is 5.32 Å². The fourth-order valence-corrected chi connectivity index (χ4v) is 3.63. The van der Waals surface area contributed by atoms with Crippen molar-refractivity contribution in [2.24, 2.45) is 5.41 Å². The van der Waals surface area contributed by atoms with Crippen molar-refractivity contribution in [2.45, 2.75) is 58.5 Å². The third-order valence-corrected chi connectivity index (χ3v) is 4.89. The van der Waals surface area contributed by atoms with Gasteiger partial charge in [-0.2, -0.15) is 0 Å². The molecule has 3 heteroatoms. The van der Waals surface area contributed by atoms with Gasteiger partial charge in [0.25, 0.3) is 0 Å². The van der Waals surface area contributed by atoms with Gasteiger partial charge in [-0.15, -0.1) is 0 Å². The summed E-state index contributed by atoms with van der Waals surface area (Å²) in [7, 11) is 0. The second-order valence-electron chi connectivity index (χ2n) is 6.50. The highest BCUT2D eigenvalue weighted by atomic mass is 16.5. The first kappa shape index (κ1) is 15.3. The molecular formula is C16H32N2O. The van der Waals surface area contributed by atoms with Crippen LogP contribution in [0, 0.1) is 5.41 Å². The Hall–Kier alpha value is -0.120. The van der Waals surface area contributed by atoms with Crippen molar-refractivity contribution in [3.63, 3.8) is 0 Å². The van der Waals surface area contributed by atoms with Crippen molar-refractivity contribution < 1.29 is 4.74 Å². The molecule has 2 atom stereocenters. The highest BCUT2D eigenvalue weighted by molar-refractivity contribution is 4.89. The number of rotatable bonds is 6. The molecule has 0 aromatic heterocycles. The summed E-state index contributed by atoms with van der Waals surface area (Å²) in [6.45, 7) is 11.6. The minimum absolute atomic E-state index is 0.485. The predicted molar refractivity (Wildman–Crippen MR) is 80.5 cm³/mol. The van der Waals surface area contributed by atoms with E-state index in [0.717, 1.165) is 19.6 Å². The molecule has 2 fully saturated rings. The van der Waals surface area contributed by atoms with Crippen molar-refractivity contribution >= 4 is 0 Å². The number of ether oxygens (including phenoxy) is 1. The van der Waals surface area contributed by atoms with E-state index < -0.39 is 0 Å². The van der Waals surface area contributed by atoms with Crippen LogP contribution in [0.5, 0.6) is 0 Å². The SMILES string of the molecule is CCCOC1CCCN(CC2(CC)CCCNC2)C1. The highest BCUT2D eigenvalue weighted by Gasteiger charge is 2.33. The van der Waals surface area contributed by atoms with Gasteiger partial charge in [-0.1, -0.05) is 13.8 Å². The first-order valence-electron chi connectivity index (χ1n) is 8.33. The summed E-state index contributed by atoms with van der Waals surface area (Å²) in [5.74, 6) is 0. The first-order chi connectivity index (χ1) is 9.28. The summed E-state index contributed by atoms with van der Waals surface area (Å²) in [5, 5.41) is 3.60. The monoisotopic (exact) mass is 268 g/mol. The molecule has 2 saturated heterocycles. The average molecular weight is 268 g/mol. The van der Waals surface area contributed by atoms with Crippen molar-refractivity contribution in [1.82, 2.24) is 10.2 Å². The van der Waals surface area contributed by atoms with Crippen LogP contribution in [-0.4, -0.2) is 50.3 Å². The second-order valence-corrected chi connectivity index (χ2v) is 6.50. The zero-order valence-corrected chi connectivity index (χ0v) is 12.9. The standard InChI is InChI=1S/C16H32N2O/c1-3-11-19-15-7-5-10-18(12-15)14-16(4-2)8-6-9-17-13-16/h15,17H,3-14H2,1-2H3. The van der Waals surface area contributed by atoms with Gasteiger partial charge >= 0.3 is 0 Å². The summed E-state index contributed by atoms with van der Waals surface area (Å²) in [4.78, 5) is 2.67. The molecule has 112 valence electrons.